The molecule has 0 spiro atoms. The van der Waals surface area contributed by atoms with Crippen molar-refractivity contribution < 1.29 is 9.59 Å². The summed E-state index contributed by atoms with van der Waals surface area (Å²) in [5, 5.41) is 3.09. The topological polar surface area (TPSA) is 46.2 Å². The Hall–Kier alpha value is -1.64. The number of carbonyl (C=O) groups excluding carboxylic acids is 2. The molecule has 22 heavy (non-hydrogen) atoms. The second-order valence-corrected chi connectivity index (χ2v) is 6.48. The molecule has 3 nitrogen and oxygen atoms in total. The summed E-state index contributed by atoms with van der Waals surface area (Å²) < 4.78 is 0. The Bertz CT molecular complexity index is 499. The van der Waals surface area contributed by atoms with Crippen LogP contribution in [0, 0.1) is 12.8 Å². The molecule has 0 unspecified atom stereocenters. The fourth-order valence-electron chi connectivity index (χ4n) is 3.13. The number of ketones is 1. The van der Waals surface area contributed by atoms with Crippen LogP contribution in [0.1, 0.15) is 67.8 Å². The van der Waals surface area contributed by atoms with Gasteiger partial charge in [0, 0.05) is 24.4 Å². The van der Waals surface area contributed by atoms with E-state index >= 15 is 0 Å². The predicted molar refractivity (Wildman–Crippen MR) is 88.9 cm³/mol. The molecule has 1 amide bonds. The molecule has 0 bridgehead atoms. The molecule has 120 valence electrons. The molecule has 0 saturated heterocycles. The van der Waals surface area contributed by atoms with Crippen LogP contribution in [-0.4, -0.2) is 17.7 Å². The van der Waals surface area contributed by atoms with E-state index in [1.54, 1.807) is 0 Å². The van der Waals surface area contributed by atoms with E-state index in [9.17, 15) is 9.59 Å². The zero-order valence-corrected chi connectivity index (χ0v) is 13.7. The first-order valence-corrected chi connectivity index (χ1v) is 8.47. The average Bonchev–Trinajstić information content (AvgIpc) is 2.54. The number of nitrogens with one attached hydrogen (secondary N) is 1. The predicted octanol–water partition coefficient (Wildman–Crippen LogP) is 4.04. The fourth-order valence-corrected chi connectivity index (χ4v) is 3.13. The molecule has 1 N–H and O–H groups in total. The van der Waals surface area contributed by atoms with Gasteiger partial charge in [-0.15, -0.1) is 0 Å². The van der Waals surface area contributed by atoms with Crippen molar-refractivity contribution in [1.29, 1.82) is 0 Å². The second-order valence-electron chi connectivity index (χ2n) is 6.48. The van der Waals surface area contributed by atoms with Crippen molar-refractivity contribution >= 4 is 11.7 Å². The molecule has 0 aliphatic heterocycles. The van der Waals surface area contributed by atoms with Gasteiger partial charge < -0.3 is 5.32 Å². The molecule has 1 aromatic rings. The summed E-state index contributed by atoms with van der Waals surface area (Å²) >= 11 is 0. The first-order chi connectivity index (χ1) is 10.6. The molecule has 1 aromatic carbocycles. The summed E-state index contributed by atoms with van der Waals surface area (Å²) in [4.78, 5) is 24.0. The lowest BCUT2D eigenvalue weighted by molar-refractivity contribution is -0.122. The van der Waals surface area contributed by atoms with E-state index in [1.165, 1.54) is 19.3 Å². The van der Waals surface area contributed by atoms with Gasteiger partial charge in [0.1, 0.15) is 0 Å². The van der Waals surface area contributed by atoms with Gasteiger partial charge in [-0.2, -0.15) is 0 Å². The van der Waals surface area contributed by atoms with E-state index < -0.39 is 0 Å². The Morgan fingerprint density at radius 3 is 2.27 bits per heavy atom. The monoisotopic (exact) mass is 301 g/mol. The molecule has 0 atom stereocenters. The molecule has 0 heterocycles. The minimum atomic E-state index is 0.0143. The number of amides is 1. The highest BCUT2D eigenvalue weighted by atomic mass is 16.2. The smallest absolute Gasteiger partial charge is 0.220 e. The van der Waals surface area contributed by atoms with Crippen molar-refractivity contribution in [2.45, 2.75) is 64.8 Å². The normalized spacial score (nSPS) is 21.4. The molecular weight excluding hydrogens is 274 g/mol. The summed E-state index contributed by atoms with van der Waals surface area (Å²) in [6, 6.07) is 7.84. The summed E-state index contributed by atoms with van der Waals surface area (Å²) in [5.41, 5.74) is 1.83. The van der Waals surface area contributed by atoms with Gasteiger partial charge in [0.05, 0.1) is 0 Å². The quantitative estimate of drug-likeness (QED) is 0.806. The molecule has 0 aromatic heterocycles. The van der Waals surface area contributed by atoms with Gasteiger partial charge in [0.25, 0.3) is 0 Å². The van der Waals surface area contributed by atoms with E-state index in [1.807, 2.05) is 31.2 Å². The Morgan fingerprint density at radius 2 is 1.68 bits per heavy atom. The molecule has 1 saturated carbocycles. The van der Waals surface area contributed by atoms with Crippen LogP contribution >= 0.6 is 0 Å². The molecule has 3 heteroatoms. The zero-order valence-electron chi connectivity index (χ0n) is 13.7. The third-order valence-corrected chi connectivity index (χ3v) is 4.74. The number of benzene rings is 1. The standard InChI is InChI=1S/C19H27NO2/c1-3-15-6-10-17(11-7-15)20-19(22)13-12-18(21)16-8-4-14(2)5-9-16/h4-5,8-9,15,17H,3,6-7,10-13H2,1-2H3,(H,20,22). The Labute approximate surface area is 133 Å². The maximum Gasteiger partial charge on any atom is 0.220 e. The number of hydrogen-bond acceptors (Lipinski definition) is 2. The van der Waals surface area contributed by atoms with Crippen LogP contribution < -0.4 is 5.32 Å². The van der Waals surface area contributed by atoms with Crippen LogP contribution in [0.3, 0.4) is 0 Å². The van der Waals surface area contributed by atoms with Gasteiger partial charge >= 0.3 is 0 Å². The number of Topliss-reactive ketones (excluding diaryl/α,β-unsaturated/α-hetero) is 1. The van der Waals surface area contributed by atoms with Crippen molar-refractivity contribution in [3.8, 4) is 0 Å². The minimum absolute atomic E-state index is 0.0143. The Kier molecular flexibility index (Phi) is 6.17. The fraction of sp³-hybridized carbons (Fsp3) is 0.579. The molecule has 0 radical (unpaired) electrons. The summed E-state index contributed by atoms with van der Waals surface area (Å²) in [6.45, 7) is 4.23. The van der Waals surface area contributed by atoms with Crippen LogP contribution in [0.5, 0.6) is 0 Å². The van der Waals surface area contributed by atoms with Gasteiger partial charge in [0.15, 0.2) is 5.78 Å². The third kappa shape index (κ3) is 4.97. The van der Waals surface area contributed by atoms with Crippen molar-refractivity contribution in [2.75, 3.05) is 0 Å². The number of aryl methyl sites for hydroxylation is 1. The van der Waals surface area contributed by atoms with E-state index in [-0.39, 0.29) is 11.7 Å². The van der Waals surface area contributed by atoms with Crippen molar-refractivity contribution in [3.63, 3.8) is 0 Å². The van der Waals surface area contributed by atoms with E-state index in [2.05, 4.69) is 12.2 Å². The first-order valence-electron chi connectivity index (χ1n) is 8.47. The summed E-state index contributed by atoms with van der Waals surface area (Å²) in [7, 11) is 0. The number of hydrogen-bond donors (Lipinski definition) is 1. The highest BCUT2D eigenvalue weighted by Gasteiger charge is 2.21. The highest BCUT2D eigenvalue weighted by molar-refractivity contribution is 5.97. The van der Waals surface area contributed by atoms with Crippen LogP contribution in [-0.2, 0) is 4.79 Å². The molecule has 1 fully saturated rings. The lowest BCUT2D eigenvalue weighted by atomic mass is 9.84. The van der Waals surface area contributed by atoms with Crippen molar-refractivity contribution in [1.82, 2.24) is 5.32 Å². The van der Waals surface area contributed by atoms with Crippen LogP contribution in [0.2, 0.25) is 0 Å². The SMILES string of the molecule is CCC1CCC(NC(=O)CCC(=O)c2ccc(C)cc2)CC1. The third-order valence-electron chi connectivity index (χ3n) is 4.74. The molecule has 1 aliphatic rings. The number of carbonyl (C=O) groups is 2. The van der Waals surface area contributed by atoms with E-state index in [4.69, 9.17) is 0 Å². The van der Waals surface area contributed by atoms with Gasteiger partial charge in [-0.1, -0.05) is 43.2 Å². The maximum absolute atomic E-state index is 12.1. The maximum atomic E-state index is 12.1. The van der Waals surface area contributed by atoms with Gasteiger partial charge in [-0.3, -0.25) is 9.59 Å². The van der Waals surface area contributed by atoms with Crippen molar-refractivity contribution in [3.05, 3.63) is 35.4 Å². The first kappa shape index (κ1) is 16.7. The lowest BCUT2D eigenvalue weighted by Gasteiger charge is -2.28. The molecule has 2 rings (SSSR count). The van der Waals surface area contributed by atoms with Crippen molar-refractivity contribution in [2.24, 2.45) is 5.92 Å². The largest absolute Gasteiger partial charge is 0.353 e. The molecular formula is C19H27NO2. The van der Waals surface area contributed by atoms with E-state index in [0.717, 1.165) is 24.3 Å². The Morgan fingerprint density at radius 1 is 1.05 bits per heavy atom. The summed E-state index contributed by atoms with van der Waals surface area (Å²) in [6.07, 6.45) is 6.41. The minimum Gasteiger partial charge on any atom is -0.353 e. The van der Waals surface area contributed by atoms with E-state index in [0.29, 0.717) is 24.4 Å². The molecule has 1 aliphatic carbocycles. The van der Waals surface area contributed by atoms with Gasteiger partial charge in [0.2, 0.25) is 5.91 Å². The summed E-state index contributed by atoms with van der Waals surface area (Å²) in [5.74, 6) is 0.890. The second kappa shape index (κ2) is 8.11. The van der Waals surface area contributed by atoms with Crippen LogP contribution in [0.15, 0.2) is 24.3 Å². The lowest BCUT2D eigenvalue weighted by Crippen LogP contribution is -2.37. The average molecular weight is 301 g/mol. The van der Waals surface area contributed by atoms with Crippen LogP contribution in [0.25, 0.3) is 0 Å². The number of rotatable bonds is 6. The van der Waals surface area contributed by atoms with Crippen LogP contribution in [0.4, 0.5) is 0 Å². The zero-order chi connectivity index (χ0) is 15.9. The van der Waals surface area contributed by atoms with Gasteiger partial charge in [-0.25, -0.2) is 0 Å². The highest BCUT2D eigenvalue weighted by Crippen LogP contribution is 2.26. The Balaban J connectivity index is 1.71. The van der Waals surface area contributed by atoms with Gasteiger partial charge in [-0.05, 0) is 38.5 Å².